The predicted molar refractivity (Wildman–Crippen MR) is 89.9 cm³/mol. The Kier molecular flexibility index (Phi) is 5.32. The van der Waals surface area contributed by atoms with Crippen LogP contribution in [-0.2, 0) is 6.42 Å². The Morgan fingerprint density at radius 3 is 2.81 bits per heavy atom. The molecule has 3 rings (SSSR count). The summed E-state index contributed by atoms with van der Waals surface area (Å²) in [5, 5.41) is 3.75. The van der Waals surface area contributed by atoms with E-state index in [-0.39, 0.29) is 0 Å². The molecule has 2 atom stereocenters. The van der Waals surface area contributed by atoms with Crippen LogP contribution in [0.25, 0.3) is 0 Å². The Hall–Kier alpha value is -0.860. The van der Waals surface area contributed by atoms with E-state index in [0.717, 1.165) is 19.0 Å². The standard InChI is InChI=1S/C19H30N2/c1-16(21-12-5-2-6-13-21)14-20-15-18-10-7-9-17-8-3-4-11-19(17)18/h3-4,8,11,16,18,20H,2,5-7,9-10,12-15H2,1H3. The maximum atomic E-state index is 3.75. The van der Waals surface area contributed by atoms with Gasteiger partial charge in [0.1, 0.15) is 0 Å². The van der Waals surface area contributed by atoms with Gasteiger partial charge in [-0.1, -0.05) is 30.7 Å². The van der Waals surface area contributed by atoms with E-state index in [1.807, 2.05) is 0 Å². The number of hydrogen-bond donors (Lipinski definition) is 1. The molecule has 1 heterocycles. The van der Waals surface area contributed by atoms with Gasteiger partial charge < -0.3 is 5.32 Å². The lowest BCUT2D eigenvalue weighted by Gasteiger charge is -2.33. The maximum Gasteiger partial charge on any atom is 0.0192 e. The average Bonchev–Trinajstić information content (AvgIpc) is 2.56. The lowest BCUT2D eigenvalue weighted by atomic mass is 9.83. The fourth-order valence-corrected chi connectivity index (χ4v) is 4.02. The quantitative estimate of drug-likeness (QED) is 0.890. The summed E-state index contributed by atoms with van der Waals surface area (Å²) in [6, 6.07) is 9.73. The lowest BCUT2D eigenvalue weighted by molar-refractivity contribution is 0.170. The first-order chi connectivity index (χ1) is 10.3. The van der Waals surface area contributed by atoms with Crippen molar-refractivity contribution in [2.24, 2.45) is 0 Å². The monoisotopic (exact) mass is 286 g/mol. The first kappa shape index (κ1) is 15.1. The molecule has 1 aromatic rings. The summed E-state index contributed by atoms with van der Waals surface area (Å²) in [5.41, 5.74) is 3.18. The zero-order chi connectivity index (χ0) is 14.5. The van der Waals surface area contributed by atoms with Crippen molar-refractivity contribution in [2.75, 3.05) is 26.2 Å². The van der Waals surface area contributed by atoms with Crippen molar-refractivity contribution in [1.82, 2.24) is 10.2 Å². The topological polar surface area (TPSA) is 15.3 Å². The third kappa shape index (κ3) is 3.87. The van der Waals surface area contributed by atoms with Crippen LogP contribution in [0.1, 0.15) is 56.1 Å². The van der Waals surface area contributed by atoms with E-state index in [1.165, 1.54) is 51.6 Å². The third-order valence-electron chi connectivity index (χ3n) is 5.34. The molecule has 1 fully saturated rings. The second kappa shape index (κ2) is 7.42. The summed E-state index contributed by atoms with van der Waals surface area (Å²) in [6.45, 7) is 7.27. The summed E-state index contributed by atoms with van der Waals surface area (Å²) >= 11 is 0. The Morgan fingerprint density at radius 2 is 1.95 bits per heavy atom. The molecule has 2 aliphatic rings. The second-order valence-electron chi connectivity index (χ2n) is 6.89. The molecular formula is C19H30N2. The van der Waals surface area contributed by atoms with Gasteiger partial charge in [-0.25, -0.2) is 0 Å². The van der Waals surface area contributed by atoms with Crippen molar-refractivity contribution in [3.63, 3.8) is 0 Å². The van der Waals surface area contributed by atoms with Gasteiger partial charge in [-0.3, -0.25) is 4.90 Å². The van der Waals surface area contributed by atoms with E-state index < -0.39 is 0 Å². The van der Waals surface area contributed by atoms with Crippen LogP contribution in [0.15, 0.2) is 24.3 Å². The molecule has 0 saturated carbocycles. The molecule has 0 aromatic heterocycles. The average molecular weight is 286 g/mol. The molecule has 1 aliphatic heterocycles. The van der Waals surface area contributed by atoms with Crippen LogP contribution in [0.4, 0.5) is 0 Å². The van der Waals surface area contributed by atoms with Crippen molar-refractivity contribution in [3.8, 4) is 0 Å². The maximum absolute atomic E-state index is 3.75. The SMILES string of the molecule is CC(CNCC1CCCc2ccccc21)N1CCCCC1. The van der Waals surface area contributed by atoms with Crippen LogP contribution in [0.2, 0.25) is 0 Å². The lowest BCUT2D eigenvalue weighted by Crippen LogP contribution is -2.43. The van der Waals surface area contributed by atoms with Crippen molar-refractivity contribution < 1.29 is 0 Å². The van der Waals surface area contributed by atoms with Gasteiger partial charge in [-0.15, -0.1) is 0 Å². The van der Waals surface area contributed by atoms with Crippen LogP contribution in [0.5, 0.6) is 0 Å². The highest BCUT2D eigenvalue weighted by Crippen LogP contribution is 2.30. The fourth-order valence-electron chi connectivity index (χ4n) is 4.02. The summed E-state index contributed by atoms with van der Waals surface area (Å²) in [5.74, 6) is 0.725. The van der Waals surface area contributed by atoms with E-state index >= 15 is 0 Å². The number of likely N-dealkylation sites (tertiary alicyclic amines) is 1. The van der Waals surface area contributed by atoms with Crippen LogP contribution in [-0.4, -0.2) is 37.1 Å². The Bertz CT molecular complexity index is 437. The van der Waals surface area contributed by atoms with E-state index in [4.69, 9.17) is 0 Å². The van der Waals surface area contributed by atoms with Crippen LogP contribution in [0, 0.1) is 0 Å². The number of rotatable bonds is 5. The summed E-state index contributed by atoms with van der Waals surface area (Å²) in [6.07, 6.45) is 8.18. The van der Waals surface area contributed by atoms with Gasteiger partial charge in [0.15, 0.2) is 0 Å². The highest BCUT2D eigenvalue weighted by Gasteiger charge is 2.20. The molecule has 1 aromatic carbocycles. The minimum absolute atomic E-state index is 0.684. The van der Waals surface area contributed by atoms with Gasteiger partial charge >= 0.3 is 0 Å². The molecule has 0 bridgehead atoms. The summed E-state index contributed by atoms with van der Waals surface area (Å²) in [4.78, 5) is 2.66. The van der Waals surface area contributed by atoms with Crippen LogP contribution < -0.4 is 5.32 Å². The largest absolute Gasteiger partial charge is 0.315 e. The molecule has 2 heteroatoms. The van der Waals surface area contributed by atoms with Gasteiger partial charge in [-0.05, 0) is 69.2 Å². The number of piperidine rings is 1. The molecule has 1 aliphatic carbocycles. The predicted octanol–water partition coefficient (Wildman–Crippen LogP) is 3.57. The molecule has 0 radical (unpaired) electrons. The zero-order valence-corrected chi connectivity index (χ0v) is 13.5. The van der Waals surface area contributed by atoms with Crippen molar-refractivity contribution in [3.05, 3.63) is 35.4 Å². The molecule has 116 valence electrons. The second-order valence-corrected chi connectivity index (χ2v) is 6.89. The Balaban J connectivity index is 1.47. The molecule has 2 nitrogen and oxygen atoms in total. The van der Waals surface area contributed by atoms with Crippen LogP contribution in [0.3, 0.4) is 0 Å². The van der Waals surface area contributed by atoms with Crippen molar-refractivity contribution in [1.29, 1.82) is 0 Å². The van der Waals surface area contributed by atoms with Gasteiger partial charge in [0.05, 0.1) is 0 Å². The number of aryl methyl sites for hydroxylation is 1. The highest BCUT2D eigenvalue weighted by atomic mass is 15.2. The van der Waals surface area contributed by atoms with Gasteiger partial charge in [0, 0.05) is 19.1 Å². The smallest absolute Gasteiger partial charge is 0.0192 e. The number of hydrogen-bond acceptors (Lipinski definition) is 2. The molecule has 1 saturated heterocycles. The molecule has 2 unspecified atom stereocenters. The summed E-state index contributed by atoms with van der Waals surface area (Å²) < 4.78 is 0. The molecule has 0 amide bonds. The van der Waals surface area contributed by atoms with Crippen molar-refractivity contribution in [2.45, 2.75) is 57.4 Å². The summed E-state index contributed by atoms with van der Waals surface area (Å²) in [7, 11) is 0. The first-order valence-corrected chi connectivity index (χ1v) is 8.87. The highest BCUT2D eigenvalue weighted by molar-refractivity contribution is 5.32. The van der Waals surface area contributed by atoms with Gasteiger partial charge in [-0.2, -0.15) is 0 Å². The van der Waals surface area contributed by atoms with E-state index in [1.54, 1.807) is 11.1 Å². The Morgan fingerprint density at radius 1 is 1.14 bits per heavy atom. The van der Waals surface area contributed by atoms with E-state index in [0.29, 0.717) is 6.04 Å². The van der Waals surface area contributed by atoms with E-state index in [2.05, 4.69) is 41.4 Å². The number of nitrogens with zero attached hydrogens (tertiary/aromatic N) is 1. The molecule has 0 spiro atoms. The van der Waals surface area contributed by atoms with Crippen LogP contribution >= 0.6 is 0 Å². The minimum atomic E-state index is 0.684. The fraction of sp³-hybridized carbons (Fsp3) is 0.684. The van der Waals surface area contributed by atoms with Crippen molar-refractivity contribution >= 4 is 0 Å². The zero-order valence-electron chi connectivity index (χ0n) is 13.5. The number of benzene rings is 1. The van der Waals surface area contributed by atoms with E-state index in [9.17, 15) is 0 Å². The molecule has 1 N–H and O–H groups in total. The molecule has 21 heavy (non-hydrogen) atoms. The number of nitrogens with one attached hydrogen (secondary N) is 1. The van der Waals surface area contributed by atoms with Gasteiger partial charge in [0.25, 0.3) is 0 Å². The number of fused-ring (bicyclic) bond motifs is 1. The normalized spacial score (nSPS) is 24.5. The first-order valence-electron chi connectivity index (χ1n) is 8.87. The minimum Gasteiger partial charge on any atom is -0.315 e. The Labute approximate surface area is 129 Å². The third-order valence-corrected chi connectivity index (χ3v) is 5.34. The van der Waals surface area contributed by atoms with Gasteiger partial charge in [0.2, 0.25) is 0 Å². The molecular weight excluding hydrogens is 256 g/mol.